The predicted octanol–water partition coefficient (Wildman–Crippen LogP) is 6.31. The molecule has 3 atom stereocenters. The lowest BCUT2D eigenvalue weighted by molar-refractivity contribution is -0.252. The molecular formula is C37H37N3O6. The summed E-state index contributed by atoms with van der Waals surface area (Å²) in [6, 6.07) is 32.0. The van der Waals surface area contributed by atoms with Crippen LogP contribution in [0.2, 0.25) is 0 Å². The minimum absolute atomic E-state index is 0.0129. The van der Waals surface area contributed by atoms with E-state index in [1.807, 2.05) is 91.3 Å². The van der Waals surface area contributed by atoms with Gasteiger partial charge < -0.3 is 29.6 Å². The Labute approximate surface area is 267 Å². The van der Waals surface area contributed by atoms with Crippen molar-refractivity contribution >= 4 is 22.9 Å². The molecule has 0 unspecified atom stereocenters. The number of aliphatic carboxylic acids is 1. The topological polar surface area (TPSA) is 123 Å². The van der Waals surface area contributed by atoms with Gasteiger partial charge in [0.1, 0.15) is 0 Å². The van der Waals surface area contributed by atoms with Crippen LogP contribution in [0.5, 0.6) is 0 Å². The normalized spacial score (nSPS) is 18.0. The van der Waals surface area contributed by atoms with E-state index in [2.05, 4.69) is 27.0 Å². The summed E-state index contributed by atoms with van der Waals surface area (Å²) in [5, 5.41) is 21.2. The third-order valence-electron chi connectivity index (χ3n) is 8.25. The van der Waals surface area contributed by atoms with Gasteiger partial charge in [-0.1, -0.05) is 72.8 Å². The number of ether oxygens (including phenoxy) is 2. The van der Waals surface area contributed by atoms with Gasteiger partial charge in [-0.15, -0.1) is 0 Å². The van der Waals surface area contributed by atoms with Gasteiger partial charge in [-0.2, -0.15) is 0 Å². The molecular weight excluding hydrogens is 582 g/mol. The van der Waals surface area contributed by atoms with Crippen molar-refractivity contribution in [3.63, 3.8) is 0 Å². The molecule has 3 N–H and O–H groups in total. The van der Waals surface area contributed by atoms with Gasteiger partial charge >= 0.3 is 5.97 Å². The molecule has 2 heterocycles. The van der Waals surface area contributed by atoms with E-state index >= 15 is 0 Å². The maximum atomic E-state index is 12.2. The number of para-hydroxylation sites is 2. The number of aliphatic hydroxyl groups is 1. The Morgan fingerprint density at radius 1 is 0.848 bits per heavy atom. The van der Waals surface area contributed by atoms with Crippen LogP contribution in [-0.4, -0.2) is 37.7 Å². The van der Waals surface area contributed by atoms with Crippen molar-refractivity contribution in [3.05, 3.63) is 126 Å². The van der Waals surface area contributed by atoms with Crippen molar-refractivity contribution in [1.82, 2.24) is 14.9 Å². The Balaban J connectivity index is 1.21. The van der Waals surface area contributed by atoms with Crippen LogP contribution in [0.1, 0.15) is 60.3 Å². The number of nitrogens with zero attached hydrogens (tertiary/aromatic N) is 2. The first-order valence-corrected chi connectivity index (χ1v) is 15.5. The van der Waals surface area contributed by atoms with Crippen molar-refractivity contribution in [2.45, 2.75) is 63.9 Å². The Morgan fingerprint density at radius 3 is 2.43 bits per heavy atom. The summed E-state index contributed by atoms with van der Waals surface area (Å²) in [5.41, 5.74) is 7.69. The number of fused-ring (bicyclic) bond motifs is 1. The second-order valence-electron chi connectivity index (χ2n) is 11.6. The first kappa shape index (κ1) is 31.2. The van der Waals surface area contributed by atoms with Crippen molar-refractivity contribution in [2.75, 3.05) is 0 Å². The Kier molecular flexibility index (Phi) is 9.83. The molecule has 1 fully saturated rings. The largest absolute Gasteiger partial charge is 0.481 e. The number of hydrogen-bond donors (Lipinski definition) is 3. The van der Waals surface area contributed by atoms with E-state index in [4.69, 9.17) is 14.6 Å². The molecule has 0 saturated carbocycles. The van der Waals surface area contributed by atoms with Gasteiger partial charge in [-0.05, 0) is 58.5 Å². The Bertz CT molecular complexity index is 1800. The molecule has 1 aromatic heterocycles. The summed E-state index contributed by atoms with van der Waals surface area (Å²) in [5.74, 6) is -1.07. The van der Waals surface area contributed by atoms with Crippen LogP contribution in [0.3, 0.4) is 0 Å². The molecule has 1 amide bonds. The third kappa shape index (κ3) is 7.69. The zero-order valence-electron chi connectivity index (χ0n) is 25.4. The fourth-order valence-electron chi connectivity index (χ4n) is 5.82. The maximum Gasteiger partial charge on any atom is 0.303 e. The smallest absolute Gasteiger partial charge is 0.303 e. The molecule has 46 heavy (non-hydrogen) atoms. The fourth-order valence-corrected chi connectivity index (χ4v) is 5.82. The monoisotopic (exact) mass is 619 g/mol. The summed E-state index contributed by atoms with van der Waals surface area (Å²) in [4.78, 5) is 27.5. The average molecular weight is 620 g/mol. The average Bonchev–Trinajstić information content (AvgIpc) is 3.49. The number of amides is 1. The van der Waals surface area contributed by atoms with Crippen molar-refractivity contribution in [2.24, 2.45) is 0 Å². The number of hydrogen-bond acceptors (Lipinski definition) is 6. The second-order valence-corrected chi connectivity index (χ2v) is 11.6. The lowest BCUT2D eigenvalue weighted by atomic mass is 9.98. The van der Waals surface area contributed by atoms with Crippen LogP contribution in [0.4, 0.5) is 0 Å². The standard InChI is InChI=1S/C37H37N3O6/c41-23-25-14-16-27(17-15-25)34-20-31(22-40-24-39-32-10-1-2-11-33(32)40)45-37(46-34)30-9-4-8-29(19-30)28-7-3-6-26(18-28)21-38-35(42)12-5-13-36(43)44/h1-4,6-11,14-19,24,31,34,37,41H,5,12-13,20-23H2,(H,38,42)(H,43,44)/t31-,34+,37+/m0/s1. The molecule has 0 spiro atoms. The van der Waals surface area contributed by atoms with E-state index in [1.165, 1.54) is 0 Å². The number of carboxylic acid groups (broad SMARTS) is 1. The SMILES string of the molecule is O=C(O)CCCC(=O)NCc1cccc(-c2cccc([C@@H]3O[C@H](Cn4cnc5ccccc54)C[C@H](c4ccc(CO)cc4)O3)c2)c1. The highest BCUT2D eigenvalue weighted by atomic mass is 16.7. The van der Waals surface area contributed by atoms with E-state index in [9.17, 15) is 14.7 Å². The molecule has 5 aromatic rings. The van der Waals surface area contributed by atoms with Gasteiger partial charge in [0, 0.05) is 31.4 Å². The van der Waals surface area contributed by atoms with Crippen LogP contribution in [0, 0.1) is 0 Å². The van der Waals surface area contributed by atoms with Gasteiger partial charge in [-0.25, -0.2) is 4.98 Å². The molecule has 0 radical (unpaired) electrons. The quantitative estimate of drug-likeness (QED) is 0.150. The van der Waals surface area contributed by atoms with E-state index < -0.39 is 12.3 Å². The first-order valence-electron chi connectivity index (χ1n) is 15.5. The highest BCUT2D eigenvalue weighted by molar-refractivity contribution is 5.77. The lowest BCUT2D eigenvalue weighted by Gasteiger charge is -2.36. The van der Waals surface area contributed by atoms with E-state index in [-0.39, 0.29) is 37.6 Å². The van der Waals surface area contributed by atoms with Gasteiger partial charge in [0.25, 0.3) is 0 Å². The lowest BCUT2D eigenvalue weighted by Crippen LogP contribution is -2.32. The van der Waals surface area contributed by atoms with Crippen LogP contribution < -0.4 is 5.32 Å². The number of imidazole rings is 1. The van der Waals surface area contributed by atoms with Crippen LogP contribution in [0.25, 0.3) is 22.2 Å². The molecule has 1 saturated heterocycles. The van der Waals surface area contributed by atoms with Crippen molar-refractivity contribution in [3.8, 4) is 11.1 Å². The van der Waals surface area contributed by atoms with Gasteiger partial charge in [0.05, 0.1) is 42.7 Å². The van der Waals surface area contributed by atoms with Crippen LogP contribution in [-0.2, 0) is 38.8 Å². The molecule has 6 rings (SSSR count). The van der Waals surface area contributed by atoms with Crippen molar-refractivity contribution in [1.29, 1.82) is 0 Å². The summed E-state index contributed by atoms with van der Waals surface area (Å²) >= 11 is 0. The Morgan fingerprint density at radius 2 is 1.63 bits per heavy atom. The molecule has 0 aliphatic carbocycles. The van der Waals surface area contributed by atoms with E-state index in [0.717, 1.165) is 44.4 Å². The summed E-state index contributed by atoms with van der Waals surface area (Å²) in [6.07, 6.45) is 2.02. The zero-order valence-corrected chi connectivity index (χ0v) is 25.4. The van der Waals surface area contributed by atoms with Crippen LogP contribution in [0.15, 0.2) is 103 Å². The number of aliphatic hydroxyl groups excluding tert-OH is 1. The number of carbonyl (C=O) groups is 2. The zero-order chi connectivity index (χ0) is 31.9. The number of benzene rings is 4. The molecule has 9 heteroatoms. The molecule has 4 aromatic carbocycles. The van der Waals surface area contributed by atoms with Gasteiger partial charge in [-0.3, -0.25) is 9.59 Å². The maximum absolute atomic E-state index is 12.2. The minimum Gasteiger partial charge on any atom is -0.481 e. The summed E-state index contributed by atoms with van der Waals surface area (Å²) in [6.45, 7) is 0.964. The summed E-state index contributed by atoms with van der Waals surface area (Å²) < 4.78 is 15.4. The number of nitrogens with one attached hydrogen (secondary N) is 1. The molecule has 9 nitrogen and oxygen atoms in total. The van der Waals surface area contributed by atoms with E-state index in [1.54, 1.807) is 0 Å². The number of aromatic nitrogens is 2. The predicted molar refractivity (Wildman–Crippen MR) is 173 cm³/mol. The fraction of sp³-hybridized carbons (Fsp3) is 0.270. The van der Waals surface area contributed by atoms with Crippen LogP contribution >= 0.6 is 0 Å². The first-order chi connectivity index (χ1) is 22.4. The summed E-state index contributed by atoms with van der Waals surface area (Å²) in [7, 11) is 0. The number of carbonyl (C=O) groups excluding carboxylic acids is 1. The van der Waals surface area contributed by atoms with Gasteiger partial charge in [0.15, 0.2) is 6.29 Å². The molecule has 1 aliphatic heterocycles. The second kappa shape index (κ2) is 14.5. The third-order valence-corrected chi connectivity index (χ3v) is 8.25. The highest BCUT2D eigenvalue weighted by Gasteiger charge is 2.33. The molecule has 0 bridgehead atoms. The van der Waals surface area contributed by atoms with Gasteiger partial charge in [0.2, 0.25) is 5.91 Å². The number of carboxylic acids is 1. The molecule has 236 valence electrons. The highest BCUT2D eigenvalue weighted by Crippen LogP contribution is 2.39. The minimum atomic E-state index is -0.902. The Hall–Kier alpha value is -4.83. The van der Waals surface area contributed by atoms with E-state index in [0.29, 0.717) is 25.9 Å². The molecule has 1 aliphatic rings. The number of rotatable bonds is 12. The van der Waals surface area contributed by atoms with Crippen molar-refractivity contribution < 1.29 is 29.3 Å².